The van der Waals surface area contributed by atoms with Gasteiger partial charge in [0.25, 0.3) is 0 Å². The minimum Gasteiger partial charge on any atom is -0.462 e. The summed E-state index contributed by atoms with van der Waals surface area (Å²) in [6.45, 7) is 18.7. The van der Waals surface area contributed by atoms with Gasteiger partial charge in [-0.05, 0) is 74.7 Å². The average molecular weight is 645 g/mol. The molecule has 13 atom stereocenters. The highest BCUT2D eigenvalue weighted by atomic mass is 16.6. The summed E-state index contributed by atoms with van der Waals surface area (Å²) in [5.41, 5.74) is -2.88. The van der Waals surface area contributed by atoms with E-state index in [4.69, 9.17) is 14.2 Å². The highest BCUT2D eigenvalue weighted by molar-refractivity contribution is 5.95. The maximum Gasteiger partial charge on any atom is 0.308 e. The van der Waals surface area contributed by atoms with Gasteiger partial charge in [0.1, 0.15) is 18.3 Å². The summed E-state index contributed by atoms with van der Waals surface area (Å²) < 4.78 is 18.7. The van der Waals surface area contributed by atoms with E-state index in [1.165, 1.54) is 20.8 Å². The Morgan fingerprint density at radius 2 is 1.78 bits per heavy atom. The van der Waals surface area contributed by atoms with Gasteiger partial charge in [-0.1, -0.05) is 66.2 Å². The van der Waals surface area contributed by atoms with Gasteiger partial charge in [-0.15, -0.1) is 0 Å². The van der Waals surface area contributed by atoms with Gasteiger partial charge in [-0.25, -0.2) is 0 Å². The Morgan fingerprint density at radius 1 is 1.13 bits per heavy atom. The molecule has 1 heterocycles. The molecule has 0 bridgehead atoms. The Labute approximate surface area is 274 Å². The van der Waals surface area contributed by atoms with Gasteiger partial charge < -0.3 is 29.5 Å². The van der Waals surface area contributed by atoms with Crippen molar-refractivity contribution in [2.24, 2.45) is 51.2 Å². The second-order valence-corrected chi connectivity index (χ2v) is 16.9. The lowest BCUT2D eigenvalue weighted by atomic mass is 9.37. The van der Waals surface area contributed by atoms with E-state index in [1.807, 2.05) is 33.8 Å². The van der Waals surface area contributed by atoms with Crippen LogP contribution in [0.25, 0.3) is 0 Å². The number of esters is 2. The molecule has 0 amide bonds. The van der Waals surface area contributed by atoms with Crippen LogP contribution in [0.5, 0.6) is 0 Å². The summed E-state index contributed by atoms with van der Waals surface area (Å²) in [6.07, 6.45) is 4.33. The van der Waals surface area contributed by atoms with Crippen LogP contribution in [0.4, 0.5) is 0 Å². The van der Waals surface area contributed by atoms with Crippen LogP contribution < -0.4 is 0 Å². The van der Waals surface area contributed by atoms with Crippen LogP contribution in [0.1, 0.15) is 101 Å². The Kier molecular flexibility index (Phi) is 8.83. The number of fused-ring (bicyclic) bond motifs is 5. The third kappa shape index (κ3) is 5.23. The molecule has 3 fully saturated rings. The van der Waals surface area contributed by atoms with Gasteiger partial charge in [0, 0.05) is 29.6 Å². The van der Waals surface area contributed by atoms with Crippen LogP contribution in [-0.2, 0) is 28.6 Å². The maximum absolute atomic E-state index is 13.6. The van der Waals surface area contributed by atoms with Crippen molar-refractivity contribution in [3.63, 3.8) is 0 Å². The molecule has 1 saturated heterocycles. The SMILES string of the molecule is CCC(C)C(=O)O[C@@H]1C[C@]2(C)C(=CC[C@H]2[C@@H]2C[C@H]([C@H](O)C(C)(C)O)O[C@@H]2O)[C@@]2(C)[C@H]1[C@@]1(C)C=CC(=O)C(C)(C)[C@@H]1C[C@H]2OC(C)=O. The molecule has 1 aliphatic heterocycles. The van der Waals surface area contributed by atoms with Crippen LogP contribution in [-0.4, -0.2) is 69.3 Å². The predicted octanol–water partition coefficient (Wildman–Crippen LogP) is 4.90. The van der Waals surface area contributed by atoms with E-state index in [0.29, 0.717) is 32.1 Å². The maximum atomic E-state index is 13.6. The van der Waals surface area contributed by atoms with E-state index in [9.17, 15) is 29.7 Å². The van der Waals surface area contributed by atoms with E-state index in [1.54, 1.807) is 6.08 Å². The van der Waals surface area contributed by atoms with Gasteiger partial charge >= 0.3 is 11.9 Å². The monoisotopic (exact) mass is 644 g/mol. The third-order valence-electron chi connectivity index (χ3n) is 13.2. The Balaban J connectivity index is 1.64. The van der Waals surface area contributed by atoms with Gasteiger partial charge in [-0.2, -0.15) is 0 Å². The number of allylic oxidation sites excluding steroid dienone is 3. The number of ketones is 1. The van der Waals surface area contributed by atoms with Crippen molar-refractivity contribution in [2.75, 3.05) is 0 Å². The highest BCUT2D eigenvalue weighted by Crippen LogP contribution is 2.73. The number of hydrogen-bond acceptors (Lipinski definition) is 9. The number of carbonyl (C=O) groups is 3. The van der Waals surface area contributed by atoms with Crippen molar-refractivity contribution in [2.45, 2.75) is 138 Å². The van der Waals surface area contributed by atoms with Crippen LogP contribution in [0.15, 0.2) is 23.8 Å². The van der Waals surface area contributed by atoms with Crippen molar-refractivity contribution in [3.05, 3.63) is 23.8 Å². The number of rotatable bonds is 7. The molecule has 9 heteroatoms. The van der Waals surface area contributed by atoms with E-state index in [2.05, 4.69) is 26.8 Å². The van der Waals surface area contributed by atoms with Crippen LogP contribution in [0.3, 0.4) is 0 Å². The van der Waals surface area contributed by atoms with E-state index in [-0.39, 0.29) is 41.3 Å². The molecule has 1 unspecified atom stereocenters. The second-order valence-electron chi connectivity index (χ2n) is 16.9. The minimum atomic E-state index is -1.41. The first kappa shape index (κ1) is 35.2. The Bertz CT molecular complexity index is 1310. The van der Waals surface area contributed by atoms with Crippen LogP contribution in [0, 0.1) is 51.2 Å². The zero-order valence-electron chi connectivity index (χ0n) is 29.3. The second kappa shape index (κ2) is 11.5. The number of aliphatic hydroxyl groups excluding tert-OH is 2. The Morgan fingerprint density at radius 3 is 2.37 bits per heavy atom. The smallest absolute Gasteiger partial charge is 0.308 e. The normalized spacial score (nSPS) is 44.4. The molecule has 258 valence electrons. The van der Waals surface area contributed by atoms with E-state index in [0.717, 1.165) is 5.57 Å². The molecule has 3 N–H and O–H groups in total. The lowest BCUT2D eigenvalue weighted by Gasteiger charge is -2.67. The van der Waals surface area contributed by atoms with E-state index >= 15 is 0 Å². The summed E-state index contributed by atoms with van der Waals surface area (Å²) in [4.78, 5) is 39.7. The molecule has 9 nitrogen and oxygen atoms in total. The zero-order chi connectivity index (χ0) is 34.4. The van der Waals surface area contributed by atoms with Gasteiger partial charge in [-0.3, -0.25) is 14.4 Å². The molecule has 0 aromatic carbocycles. The summed E-state index contributed by atoms with van der Waals surface area (Å²) in [7, 11) is 0. The molecule has 0 aromatic heterocycles. The fourth-order valence-corrected chi connectivity index (χ4v) is 10.7. The van der Waals surface area contributed by atoms with Crippen LogP contribution >= 0.6 is 0 Å². The fraction of sp³-hybridized carbons (Fsp3) is 0.811. The number of aliphatic hydroxyl groups is 3. The van der Waals surface area contributed by atoms with Gasteiger partial charge in [0.05, 0.1) is 17.6 Å². The quantitative estimate of drug-likeness (QED) is 0.261. The largest absolute Gasteiger partial charge is 0.462 e. The van der Waals surface area contributed by atoms with Crippen LogP contribution in [0.2, 0.25) is 0 Å². The molecule has 0 aromatic rings. The average Bonchev–Trinajstić information content (AvgIpc) is 3.49. The van der Waals surface area contributed by atoms with E-state index < -0.39 is 63.9 Å². The predicted molar refractivity (Wildman–Crippen MR) is 171 cm³/mol. The minimum absolute atomic E-state index is 0.0344. The van der Waals surface area contributed by atoms with Crippen molar-refractivity contribution in [1.82, 2.24) is 0 Å². The fourth-order valence-electron chi connectivity index (χ4n) is 10.7. The topological polar surface area (TPSA) is 140 Å². The summed E-state index contributed by atoms with van der Waals surface area (Å²) >= 11 is 0. The van der Waals surface area contributed by atoms with Crippen molar-refractivity contribution < 1.29 is 43.9 Å². The highest BCUT2D eigenvalue weighted by Gasteiger charge is 2.72. The third-order valence-corrected chi connectivity index (χ3v) is 13.2. The first-order valence-electron chi connectivity index (χ1n) is 17.2. The van der Waals surface area contributed by atoms with Crippen molar-refractivity contribution in [1.29, 1.82) is 0 Å². The van der Waals surface area contributed by atoms with Crippen molar-refractivity contribution in [3.8, 4) is 0 Å². The summed E-state index contributed by atoms with van der Waals surface area (Å²) in [6, 6.07) is 0. The molecular formula is C37H56O9. The zero-order valence-corrected chi connectivity index (χ0v) is 29.3. The molecule has 2 saturated carbocycles. The lowest BCUT2D eigenvalue weighted by molar-refractivity contribution is -0.221. The molecule has 4 aliphatic carbocycles. The number of ether oxygens (including phenoxy) is 3. The lowest BCUT2D eigenvalue weighted by Crippen LogP contribution is -2.68. The summed E-state index contributed by atoms with van der Waals surface area (Å²) in [5, 5.41) is 32.6. The molecular weight excluding hydrogens is 588 g/mol. The molecule has 0 radical (unpaired) electrons. The van der Waals surface area contributed by atoms with Crippen molar-refractivity contribution >= 4 is 17.7 Å². The molecule has 46 heavy (non-hydrogen) atoms. The van der Waals surface area contributed by atoms with Gasteiger partial charge in [0.2, 0.25) is 0 Å². The number of hydrogen-bond donors (Lipinski definition) is 3. The molecule has 5 rings (SSSR count). The summed E-state index contributed by atoms with van der Waals surface area (Å²) in [5.74, 6) is -1.88. The number of carbonyl (C=O) groups excluding carboxylic acids is 3. The Hall–Kier alpha value is -2.07. The molecule has 5 aliphatic rings. The standard InChI is InChI=1S/C37H56O9/c1-11-19(2)31(41)46-24-18-36(9)22(21-16-23(45-32(21)42)30(40)34(6,7)43)12-13-25(36)37(10)28(44-20(3)38)17-26-33(4,5)27(39)14-15-35(26,8)29(24)37/h13-15,19,21-24,26,28-30,32,40,42-43H,11-12,16-18H2,1-10H3/t19?,21-,22-,23+,24+,26-,28+,29+,30-,32-,35-,36-,37+/m0/s1. The molecule has 0 spiro atoms. The first-order valence-corrected chi connectivity index (χ1v) is 17.2. The van der Waals surface area contributed by atoms with Gasteiger partial charge in [0.15, 0.2) is 12.1 Å². The first-order chi connectivity index (χ1) is 21.1.